The van der Waals surface area contributed by atoms with Gasteiger partial charge in [-0.15, -0.1) is 11.3 Å². The van der Waals surface area contributed by atoms with Crippen LogP contribution in [-0.4, -0.2) is 42.8 Å². The fourth-order valence-corrected chi connectivity index (χ4v) is 4.12. The summed E-state index contributed by atoms with van der Waals surface area (Å²) in [4.78, 5) is 6.60. The summed E-state index contributed by atoms with van der Waals surface area (Å²) in [6, 6.07) is 8.50. The van der Waals surface area contributed by atoms with Gasteiger partial charge in [0, 0.05) is 44.1 Å². The van der Waals surface area contributed by atoms with Crippen molar-refractivity contribution in [1.29, 1.82) is 0 Å². The van der Waals surface area contributed by atoms with Crippen LogP contribution in [0.4, 0.5) is 0 Å². The van der Waals surface area contributed by atoms with E-state index in [1.165, 1.54) is 16.0 Å². The molecule has 1 aromatic carbocycles. The van der Waals surface area contributed by atoms with E-state index in [2.05, 4.69) is 40.3 Å². The molecule has 2 aromatic rings. The molecule has 122 valence electrons. The summed E-state index contributed by atoms with van der Waals surface area (Å²) in [5.74, 6) is 1.75. The van der Waals surface area contributed by atoms with Crippen molar-refractivity contribution in [2.75, 3.05) is 33.0 Å². The molecule has 3 heterocycles. The third-order valence-electron chi connectivity index (χ3n) is 4.64. The van der Waals surface area contributed by atoms with Crippen molar-refractivity contribution >= 4 is 11.3 Å². The van der Waals surface area contributed by atoms with Gasteiger partial charge < -0.3 is 9.47 Å². The monoisotopic (exact) mass is 330 g/mol. The number of benzene rings is 1. The van der Waals surface area contributed by atoms with E-state index in [1.54, 1.807) is 0 Å². The molecular formula is C18H22N2O2S. The van der Waals surface area contributed by atoms with Gasteiger partial charge in [-0.25, -0.2) is 0 Å². The first kappa shape index (κ1) is 15.0. The van der Waals surface area contributed by atoms with Crippen molar-refractivity contribution in [1.82, 2.24) is 9.80 Å². The predicted molar refractivity (Wildman–Crippen MR) is 92.2 cm³/mol. The van der Waals surface area contributed by atoms with Gasteiger partial charge in [0.1, 0.15) is 0 Å². The fraction of sp³-hybridized carbons (Fsp3) is 0.444. The minimum absolute atomic E-state index is 0.347. The Balaban J connectivity index is 1.30. The standard InChI is InChI=1S/C18H22N2O2S/c1-14-4-9-23-18(14)12-20-7-5-19(6-8-20)11-15-2-3-16-17(10-15)22-13-21-16/h2-4,9-10H,5-8,11-13H2,1H3. The Morgan fingerprint density at radius 3 is 2.43 bits per heavy atom. The van der Waals surface area contributed by atoms with Crippen molar-refractivity contribution in [3.63, 3.8) is 0 Å². The molecule has 0 N–H and O–H groups in total. The lowest BCUT2D eigenvalue weighted by atomic mass is 10.1. The molecule has 2 aliphatic rings. The van der Waals surface area contributed by atoms with Crippen LogP contribution in [0.5, 0.6) is 11.5 Å². The van der Waals surface area contributed by atoms with Gasteiger partial charge in [-0.05, 0) is 41.6 Å². The maximum atomic E-state index is 5.47. The smallest absolute Gasteiger partial charge is 0.231 e. The number of nitrogens with zero attached hydrogens (tertiary/aromatic N) is 2. The molecule has 4 nitrogen and oxygen atoms in total. The lowest BCUT2D eigenvalue weighted by molar-refractivity contribution is 0.122. The summed E-state index contributed by atoms with van der Waals surface area (Å²) in [6.07, 6.45) is 0. The predicted octanol–water partition coefficient (Wildman–Crippen LogP) is 3.10. The summed E-state index contributed by atoms with van der Waals surface area (Å²) < 4.78 is 10.8. The van der Waals surface area contributed by atoms with E-state index in [9.17, 15) is 0 Å². The van der Waals surface area contributed by atoms with Crippen molar-refractivity contribution in [2.24, 2.45) is 0 Å². The van der Waals surface area contributed by atoms with Gasteiger partial charge in [-0.1, -0.05) is 6.07 Å². The zero-order valence-corrected chi connectivity index (χ0v) is 14.3. The summed E-state index contributed by atoms with van der Waals surface area (Å²) in [7, 11) is 0. The van der Waals surface area contributed by atoms with Gasteiger partial charge in [0.25, 0.3) is 0 Å². The van der Waals surface area contributed by atoms with Crippen molar-refractivity contribution in [2.45, 2.75) is 20.0 Å². The Bertz CT molecular complexity index is 677. The Hall–Kier alpha value is -1.56. The maximum Gasteiger partial charge on any atom is 0.231 e. The normalized spacial score (nSPS) is 18.5. The SMILES string of the molecule is Cc1ccsc1CN1CCN(Cc2ccc3c(c2)OCO3)CC1. The van der Waals surface area contributed by atoms with Gasteiger partial charge in [-0.2, -0.15) is 0 Å². The van der Waals surface area contributed by atoms with Crippen LogP contribution in [0.1, 0.15) is 16.0 Å². The number of hydrogen-bond donors (Lipinski definition) is 0. The minimum Gasteiger partial charge on any atom is -0.454 e. The Morgan fingerprint density at radius 1 is 0.957 bits per heavy atom. The molecule has 1 saturated heterocycles. The third-order valence-corrected chi connectivity index (χ3v) is 5.65. The number of hydrogen-bond acceptors (Lipinski definition) is 5. The van der Waals surface area contributed by atoms with E-state index >= 15 is 0 Å². The summed E-state index contributed by atoms with van der Waals surface area (Å²) in [6.45, 7) is 9.17. The quantitative estimate of drug-likeness (QED) is 0.860. The van der Waals surface area contributed by atoms with Crippen LogP contribution in [0.15, 0.2) is 29.6 Å². The second-order valence-corrected chi connectivity index (χ2v) is 7.27. The minimum atomic E-state index is 0.347. The van der Waals surface area contributed by atoms with Gasteiger partial charge in [0.15, 0.2) is 11.5 Å². The van der Waals surface area contributed by atoms with Crippen LogP contribution in [0.25, 0.3) is 0 Å². The van der Waals surface area contributed by atoms with Gasteiger partial charge in [0.05, 0.1) is 0 Å². The topological polar surface area (TPSA) is 24.9 Å². The van der Waals surface area contributed by atoms with Crippen molar-refractivity contribution in [3.05, 3.63) is 45.6 Å². The van der Waals surface area contributed by atoms with E-state index in [4.69, 9.17) is 9.47 Å². The maximum absolute atomic E-state index is 5.47. The average molecular weight is 330 g/mol. The molecule has 0 saturated carbocycles. The van der Waals surface area contributed by atoms with Gasteiger partial charge >= 0.3 is 0 Å². The lowest BCUT2D eigenvalue weighted by Crippen LogP contribution is -2.45. The van der Waals surface area contributed by atoms with E-state index in [-0.39, 0.29) is 0 Å². The number of thiophene rings is 1. The highest BCUT2D eigenvalue weighted by Crippen LogP contribution is 2.32. The molecule has 0 radical (unpaired) electrons. The van der Waals surface area contributed by atoms with E-state index in [0.29, 0.717) is 6.79 Å². The first-order valence-corrected chi connectivity index (χ1v) is 9.02. The van der Waals surface area contributed by atoms with E-state index < -0.39 is 0 Å². The third kappa shape index (κ3) is 3.37. The van der Waals surface area contributed by atoms with Gasteiger partial charge in [-0.3, -0.25) is 9.80 Å². The molecule has 0 spiro atoms. The Kier molecular flexibility index (Phi) is 4.25. The number of rotatable bonds is 4. The highest BCUT2D eigenvalue weighted by molar-refractivity contribution is 7.10. The molecule has 4 rings (SSSR count). The van der Waals surface area contributed by atoms with Gasteiger partial charge in [0.2, 0.25) is 6.79 Å². The molecule has 0 aliphatic carbocycles. The van der Waals surface area contributed by atoms with Crippen LogP contribution in [0, 0.1) is 6.92 Å². The van der Waals surface area contributed by atoms with Crippen LogP contribution in [0.2, 0.25) is 0 Å². The summed E-state index contributed by atoms with van der Waals surface area (Å²) >= 11 is 1.88. The molecular weight excluding hydrogens is 308 g/mol. The van der Waals surface area contributed by atoms with E-state index in [0.717, 1.165) is 50.8 Å². The van der Waals surface area contributed by atoms with Crippen LogP contribution >= 0.6 is 11.3 Å². The first-order chi connectivity index (χ1) is 11.3. The second-order valence-electron chi connectivity index (χ2n) is 6.27. The number of fused-ring (bicyclic) bond motifs is 1. The Morgan fingerprint density at radius 2 is 1.70 bits per heavy atom. The number of piperazine rings is 1. The van der Waals surface area contributed by atoms with Crippen LogP contribution < -0.4 is 9.47 Å². The zero-order chi connectivity index (χ0) is 15.6. The largest absolute Gasteiger partial charge is 0.454 e. The summed E-state index contributed by atoms with van der Waals surface area (Å²) in [5.41, 5.74) is 2.73. The summed E-state index contributed by atoms with van der Waals surface area (Å²) in [5, 5.41) is 2.19. The molecule has 2 aliphatic heterocycles. The number of ether oxygens (including phenoxy) is 2. The second kappa shape index (κ2) is 6.51. The lowest BCUT2D eigenvalue weighted by Gasteiger charge is -2.34. The molecule has 1 aromatic heterocycles. The van der Waals surface area contributed by atoms with Crippen molar-refractivity contribution in [3.8, 4) is 11.5 Å². The molecule has 0 bridgehead atoms. The van der Waals surface area contributed by atoms with E-state index in [1.807, 2.05) is 17.4 Å². The molecule has 0 unspecified atom stereocenters. The highest BCUT2D eigenvalue weighted by Gasteiger charge is 2.19. The molecule has 0 atom stereocenters. The fourth-order valence-electron chi connectivity index (χ4n) is 3.17. The van der Waals surface area contributed by atoms with Crippen LogP contribution in [-0.2, 0) is 13.1 Å². The molecule has 0 amide bonds. The molecule has 23 heavy (non-hydrogen) atoms. The zero-order valence-electron chi connectivity index (χ0n) is 13.5. The molecule has 1 fully saturated rings. The molecule has 5 heteroatoms. The highest BCUT2D eigenvalue weighted by atomic mass is 32.1. The Labute approximate surface area is 141 Å². The van der Waals surface area contributed by atoms with Crippen LogP contribution in [0.3, 0.4) is 0 Å². The number of aryl methyl sites for hydroxylation is 1. The average Bonchev–Trinajstić information content (AvgIpc) is 3.18. The van der Waals surface area contributed by atoms with Crippen molar-refractivity contribution < 1.29 is 9.47 Å². The first-order valence-electron chi connectivity index (χ1n) is 8.14.